The molecule has 1 unspecified atom stereocenters. The van der Waals surface area contributed by atoms with Gasteiger partial charge in [-0.2, -0.15) is 0 Å². The van der Waals surface area contributed by atoms with Crippen LogP contribution in [0, 0.1) is 5.92 Å². The van der Waals surface area contributed by atoms with Crippen molar-refractivity contribution in [2.45, 2.75) is 38.3 Å². The van der Waals surface area contributed by atoms with Gasteiger partial charge in [0.05, 0.1) is 0 Å². The number of hydrogen-bond acceptors (Lipinski definition) is 3. The lowest BCUT2D eigenvalue weighted by Crippen LogP contribution is -2.38. The molecule has 1 aromatic rings. The maximum atomic E-state index is 3.62. The zero-order valence-corrected chi connectivity index (χ0v) is 11.2. The Kier molecular flexibility index (Phi) is 3.79. The molecule has 0 radical (unpaired) electrons. The van der Waals surface area contributed by atoms with E-state index in [4.69, 9.17) is 0 Å². The molecule has 0 amide bonds. The van der Waals surface area contributed by atoms with Crippen LogP contribution in [-0.2, 0) is 6.54 Å². The summed E-state index contributed by atoms with van der Waals surface area (Å²) in [7, 11) is 0. The van der Waals surface area contributed by atoms with E-state index in [0.29, 0.717) is 0 Å². The molecule has 2 aliphatic rings. The number of hydrogen-bond donors (Lipinski definition) is 1. The number of nitrogens with one attached hydrogen (secondary N) is 1. The summed E-state index contributed by atoms with van der Waals surface area (Å²) in [4.78, 5) is 4.19. The van der Waals surface area contributed by atoms with E-state index in [1.54, 1.807) is 0 Å². The highest BCUT2D eigenvalue weighted by Crippen LogP contribution is 2.30. The van der Waals surface area contributed by atoms with Crippen molar-refractivity contribution in [1.29, 1.82) is 0 Å². The monoisotopic (exact) mass is 250 g/mol. The lowest BCUT2D eigenvalue weighted by atomic mass is 10.2. The minimum absolute atomic E-state index is 0.744. The molecule has 94 valence electrons. The van der Waals surface area contributed by atoms with Gasteiger partial charge in [-0.1, -0.05) is 6.07 Å². The molecule has 1 aliphatic carbocycles. The van der Waals surface area contributed by atoms with Gasteiger partial charge in [-0.05, 0) is 49.6 Å². The first-order valence-corrected chi connectivity index (χ1v) is 7.76. The summed E-state index contributed by atoms with van der Waals surface area (Å²) in [5.41, 5.74) is 0. The Morgan fingerprint density at radius 2 is 2.24 bits per heavy atom. The summed E-state index contributed by atoms with van der Waals surface area (Å²) < 4.78 is 0. The molecule has 0 spiro atoms. The lowest BCUT2D eigenvalue weighted by molar-refractivity contribution is 0.233. The molecule has 3 rings (SSSR count). The average molecular weight is 250 g/mol. The van der Waals surface area contributed by atoms with Gasteiger partial charge >= 0.3 is 0 Å². The highest BCUT2D eigenvalue weighted by atomic mass is 32.1. The molecule has 17 heavy (non-hydrogen) atoms. The molecule has 2 fully saturated rings. The Hall–Kier alpha value is -0.380. The molecule has 1 saturated heterocycles. The standard InChI is InChI=1S/C14H22N2S/c1-3-13(15-7-1)10-16(9-12-5-6-12)11-14-4-2-8-17-14/h2,4,8,12-13,15H,1,3,5-7,9-11H2. The van der Waals surface area contributed by atoms with E-state index in [1.165, 1.54) is 50.2 Å². The van der Waals surface area contributed by atoms with Crippen molar-refractivity contribution in [3.8, 4) is 0 Å². The molecular weight excluding hydrogens is 228 g/mol. The van der Waals surface area contributed by atoms with Crippen LogP contribution in [-0.4, -0.2) is 30.6 Å². The molecule has 2 nitrogen and oxygen atoms in total. The zero-order valence-electron chi connectivity index (χ0n) is 10.4. The Morgan fingerprint density at radius 1 is 1.29 bits per heavy atom. The molecular formula is C14H22N2S. The minimum atomic E-state index is 0.744. The van der Waals surface area contributed by atoms with Gasteiger partial charge in [0.15, 0.2) is 0 Å². The van der Waals surface area contributed by atoms with Crippen LogP contribution in [0.5, 0.6) is 0 Å². The Labute approximate surface area is 108 Å². The second-order valence-corrected chi connectivity index (χ2v) is 6.54. The van der Waals surface area contributed by atoms with Gasteiger partial charge in [-0.15, -0.1) is 11.3 Å². The third-order valence-corrected chi connectivity index (χ3v) is 4.67. The van der Waals surface area contributed by atoms with Crippen molar-refractivity contribution in [2.24, 2.45) is 5.92 Å². The van der Waals surface area contributed by atoms with E-state index < -0.39 is 0 Å². The number of nitrogens with zero attached hydrogens (tertiary/aromatic N) is 1. The molecule has 1 atom stereocenters. The lowest BCUT2D eigenvalue weighted by Gasteiger charge is -2.25. The van der Waals surface area contributed by atoms with E-state index in [9.17, 15) is 0 Å². The molecule has 0 aromatic carbocycles. The normalized spacial score (nSPS) is 24.6. The maximum Gasteiger partial charge on any atom is 0.0328 e. The first-order valence-electron chi connectivity index (χ1n) is 6.88. The molecule has 1 aliphatic heterocycles. The van der Waals surface area contributed by atoms with Crippen LogP contribution in [0.1, 0.15) is 30.6 Å². The highest BCUT2D eigenvalue weighted by Gasteiger charge is 2.26. The largest absolute Gasteiger partial charge is 0.313 e. The summed E-state index contributed by atoms with van der Waals surface area (Å²) in [6.45, 7) is 4.94. The van der Waals surface area contributed by atoms with Crippen molar-refractivity contribution in [3.63, 3.8) is 0 Å². The molecule has 1 N–H and O–H groups in total. The SMILES string of the molecule is c1csc(CN(CC2CC2)CC2CCCN2)c1. The van der Waals surface area contributed by atoms with E-state index in [2.05, 4.69) is 27.7 Å². The predicted molar refractivity (Wildman–Crippen MR) is 73.3 cm³/mol. The first kappa shape index (κ1) is 11.7. The third-order valence-electron chi connectivity index (χ3n) is 3.81. The Bertz CT molecular complexity index is 326. The molecule has 3 heteroatoms. The summed E-state index contributed by atoms with van der Waals surface area (Å²) in [5, 5.41) is 5.81. The van der Waals surface area contributed by atoms with Crippen molar-refractivity contribution >= 4 is 11.3 Å². The summed E-state index contributed by atoms with van der Waals surface area (Å²) in [6.07, 6.45) is 5.64. The van der Waals surface area contributed by atoms with Crippen LogP contribution >= 0.6 is 11.3 Å². The average Bonchev–Trinajstić information content (AvgIpc) is 2.82. The van der Waals surface area contributed by atoms with E-state index in [-0.39, 0.29) is 0 Å². The van der Waals surface area contributed by atoms with Gasteiger partial charge in [-0.3, -0.25) is 4.90 Å². The Morgan fingerprint density at radius 3 is 2.88 bits per heavy atom. The fourth-order valence-corrected chi connectivity index (χ4v) is 3.46. The Balaban J connectivity index is 1.55. The van der Waals surface area contributed by atoms with E-state index in [0.717, 1.165) is 18.5 Å². The topological polar surface area (TPSA) is 15.3 Å². The molecule has 1 saturated carbocycles. The maximum absolute atomic E-state index is 3.62. The van der Waals surface area contributed by atoms with Crippen molar-refractivity contribution in [3.05, 3.63) is 22.4 Å². The predicted octanol–water partition coefficient (Wildman–Crippen LogP) is 2.71. The van der Waals surface area contributed by atoms with Crippen LogP contribution in [0.4, 0.5) is 0 Å². The van der Waals surface area contributed by atoms with Crippen molar-refractivity contribution in [1.82, 2.24) is 10.2 Å². The second kappa shape index (κ2) is 5.51. The van der Waals surface area contributed by atoms with E-state index >= 15 is 0 Å². The summed E-state index contributed by atoms with van der Waals surface area (Å²) >= 11 is 1.89. The quantitative estimate of drug-likeness (QED) is 0.835. The third kappa shape index (κ3) is 3.54. The van der Waals surface area contributed by atoms with Gasteiger partial charge < -0.3 is 5.32 Å². The van der Waals surface area contributed by atoms with Gasteiger partial charge in [0.2, 0.25) is 0 Å². The van der Waals surface area contributed by atoms with E-state index in [1.807, 2.05) is 11.3 Å². The number of thiophene rings is 1. The zero-order chi connectivity index (χ0) is 11.5. The first-order chi connectivity index (χ1) is 8.40. The van der Waals surface area contributed by atoms with Crippen LogP contribution in [0.25, 0.3) is 0 Å². The van der Waals surface area contributed by atoms with Gasteiger partial charge in [-0.25, -0.2) is 0 Å². The summed E-state index contributed by atoms with van der Waals surface area (Å²) in [5.74, 6) is 0.997. The highest BCUT2D eigenvalue weighted by molar-refractivity contribution is 7.09. The smallest absolute Gasteiger partial charge is 0.0328 e. The molecule has 2 heterocycles. The summed E-state index contributed by atoms with van der Waals surface area (Å²) in [6, 6.07) is 5.18. The second-order valence-electron chi connectivity index (χ2n) is 5.51. The van der Waals surface area contributed by atoms with Crippen LogP contribution in [0.2, 0.25) is 0 Å². The minimum Gasteiger partial charge on any atom is -0.313 e. The number of rotatable bonds is 6. The molecule has 1 aromatic heterocycles. The van der Waals surface area contributed by atoms with Crippen molar-refractivity contribution in [2.75, 3.05) is 19.6 Å². The van der Waals surface area contributed by atoms with Gasteiger partial charge in [0.1, 0.15) is 0 Å². The molecule has 0 bridgehead atoms. The van der Waals surface area contributed by atoms with Crippen LogP contribution < -0.4 is 5.32 Å². The van der Waals surface area contributed by atoms with Crippen molar-refractivity contribution < 1.29 is 0 Å². The van der Waals surface area contributed by atoms with Crippen LogP contribution in [0.15, 0.2) is 17.5 Å². The van der Waals surface area contributed by atoms with Crippen LogP contribution in [0.3, 0.4) is 0 Å². The van der Waals surface area contributed by atoms with Gasteiger partial charge in [0, 0.05) is 30.6 Å². The van der Waals surface area contributed by atoms with Gasteiger partial charge in [0.25, 0.3) is 0 Å². The fourth-order valence-electron chi connectivity index (χ4n) is 2.72. The fraction of sp³-hybridized carbons (Fsp3) is 0.714.